The molecule has 2 aliphatic rings. The molecule has 6 nitrogen and oxygen atoms in total. The van der Waals surface area contributed by atoms with Gasteiger partial charge in [-0.05, 0) is 36.0 Å². The maximum absolute atomic E-state index is 12.9. The Morgan fingerprint density at radius 2 is 1.62 bits per heavy atom. The largest absolute Gasteiger partial charge is 0.342 e. The number of piperazine rings is 1. The van der Waals surface area contributed by atoms with E-state index in [4.69, 9.17) is 0 Å². The molecule has 1 aromatic rings. The number of anilines is 1. The van der Waals surface area contributed by atoms with E-state index in [1.165, 1.54) is 5.56 Å². The molecule has 0 aromatic heterocycles. The predicted molar refractivity (Wildman–Crippen MR) is 99.7 cm³/mol. The number of nitrogens with one attached hydrogen (secondary N) is 1. The Labute approximate surface area is 154 Å². The fraction of sp³-hybridized carbons (Fsp3) is 0.550. The van der Waals surface area contributed by atoms with Crippen molar-refractivity contribution in [3.05, 3.63) is 29.8 Å². The van der Waals surface area contributed by atoms with Gasteiger partial charge >= 0.3 is 0 Å². The van der Waals surface area contributed by atoms with Crippen molar-refractivity contribution >= 4 is 23.9 Å². The molecule has 1 aliphatic carbocycles. The summed E-state index contributed by atoms with van der Waals surface area (Å²) in [4.78, 5) is 39.8. The molecule has 1 aromatic carbocycles. The van der Waals surface area contributed by atoms with Gasteiger partial charge in [0, 0.05) is 31.9 Å². The number of carbonyl (C=O) groups excluding carboxylic acids is 3. The van der Waals surface area contributed by atoms with Gasteiger partial charge in [-0.2, -0.15) is 0 Å². The average molecular weight is 357 g/mol. The Kier molecular flexibility index (Phi) is 4.78. The molecule has 0 bridgehead atoms. The first kappa shape index (κ1) is 18.4. The van der Waals surface area contributed by atoms with Crippen LogP contribution in [0.15, 0.2) is 24.3 Å². The van der Waals surface area contributed by atoms with Crippen molar-refractivity contribution in [1.29, 1.82) is 0 Å². The topological polar surface area (TPSA) is 69.7 Å². The first-order chi connectivity index (χ1) is 12.3. The number of amides is 3. The van der Waals surface area contributed by atoms with Crippen molar-refractivity contribution in [1.82, 2.24) is 9.80 Å². The van der Waals surface area contributed by atoms with Crippen LogP contribution in [-0.4, -0.2) is 54.2 Å². The summed E-state index contributed by atoms with van der Waals surface area (Å²) in [6, 6.07) is 7.80. The van der Waals surface area contributed by atoms with Crippen molar-refractivity contribution < 1.29 is 14.4 Å². The van der Waals surface area contributed by atoms with E-state index in [-0.39, 0.29) is 17.2 Å². The number of nitrogens with zero attached hydrogens (tertiary/aromatic N) is 2. The van der Waals surface area contributed by atoms with Crippen molar-refractivity contribution in [3.63, 3.8) is 0 Å². The third kappa shape index (κ3) is 3.59. The highest BCUT2D eigenvalue weighted by Crippen LogP contribution is 2.48. The van der Waals surface area contributed by atoms with Crippen molar-refractivity contribution in [3.8, 4) is 0 Å². The SMILES string of the molecule is CC(C)(C)c1ccc(NC(=O)C2(C(=O)N3CCN(C=O)CC3)CC2)cc1. The molecule has 0 spiro atoms. The van der Waals surface area contributed by atoms with Gasteiger partial charge in [0.25, 0.3) is 0 Å². The van der Waals surface area contributed by atoms with E-state index in [9.17, 15) is 14.4 Å². The third-order valence-corrected chi connectivity index (χ3v) is 5.35. The van der Waals surface area contributed by atoms with Crippen LogP contribution in [0.3, 0.4) is 0 Å². The second-order valence-electron chi connectivity index (χ2n) is 8.30. The molecule has 1 saturated heterocycles. The molecule has 1 N–H and O–H groups in total. The molecule has 3 amide bonds. The fourth-order valence-corrected chi connectivity index (χ4v) is 3.30. The first-order valence-corrected chi connectivity index (χ1v) is 9.17. The zero-order valence-electron chi connectivity index (χ0n) is 15.7. The lowest BCUT2D eigenvalue weighted by Gasteiger charge is -2.34. The van der Waals surface area contributed by atoms with Gasteiger partial charge in [0.1, 0.15) is 5.41 Å². The molecular weight excluding hydrogens is 330 g/mol. The standard InChI is InChI=1S/C20H27N3O3/c1-19(2,3)15-4-6-16(7-5-15)21-17(25)20(8-9-20)18(26)23-12-10-22(14-24)11-13-23/h4-7,14H,8-13H2,1-3H3,(H,21,25). The summed E-state index contributed by atoms with van der Waals surface area (Å²) in [5.74, 6) is -0.323. The number of carbonyl (C=O) groups is 3. The summed E-state index contributed by atoms with van der Waals surface area (Å²) < 4.78 is 0. The molecule has 0 radical (unpaired) electrons. The van der Waals surface area contributed by atoms with Crippen LogP contribution in [0, 0.1) is 5.41 Å². The lowest BCUT2D eigenvalue weighted by atomic mass is 9.87. The lowest BCUT2D eigenvalue weighted by Crippen LogP contribution is -2.52. The Balaban J connectivity index is 1.64. The van der Waals surface area contributed by atoms with Crippen molar-refractivity contribution in [2.45, 2.75) is 39.0 Å². The minimum Gasteiger partial charge on any atom is -0.342 e. The molecule has 26 heavy (non-hydrogen) atoms. The molecule has 0 unspecified atom stereocenters. The van der Waals surface area contributed by atoms with Gasteiger partial charge in [0.2, 0.25) is 18.2 Å². The van der Waals surface area contributed by atoms with Gasteiger partial charge in [-0.15, -0.1) is 0 Å². The summed E-state index contributed by atoms with van der Waals surface area (Å²) in [5.41, 5.74) is 1.04. The summed E-state index contributed by atoms with van der Waals surface area (Å²) >= 11 is 0. The van der Waals surface area contributed by atoms with Crippen molar-refractivity contribution in [2.24, 2.45) is 5.41 Å². The number of rotatable bonds is 4. The Morgan fingerprint density at radius 3 is 2.08 bits per heavy atom. The van der Waals surface area contributed by atoms with Crippen LogP contribution in [0.25, 0.3) is 0 Å². The van der Waals surface area contributed by atoms with Gasteiger partial charge < -0.3 is 15.1 Å². The fourth-order valence-electron chi connectivity index (χ4n) is 3.30. The Bertz CT molecular complexity index is 694. The first-order valence-electron chi connectivity index (χ1n) is 9.17. The second kappa shape index (κ2) is 6.74. The average Bonchev–Trinajstić information content (AvgIpc) is 3.43. The van der Waals surface area contributed by atoms with E-state index in [0.717, 1.165) is 6.41 Å². The molecule has 1 heterocycles. The van der Waals surface area contributed by atoms with E-state index in [2.05, 4.69) is 26.1 Å². The van der Waals surface area contributed by atoms with Crippen LogP contribution < -0.4 is 5.32 Å². The lowest BCUT2D eigenvalue weighted by molar-refractivity contribution is -0.144. The number of hydrogen-bond acceptors (Lipinski definition) is 3. The van der Waals surface area contributed by atoms with Gasteiger partial charge in [-0.3, -0.25) is 14.4 Å². The van der Waals surface area contributed by atoms with Gasteiger partial charge in [-0.1, -0.05) is 32.9 Å². The van der Waals surface area contributed by atoms with Crippen LogP contribution in [0.2, 0.25) is 0 Å². The molecule has 0 atom stereocenters. The second-order valence-corrected chi connectivity index (χ2v) is 8.30. The minimum absolute atomic E-state index is 0.0554. The monoisotopic (exact) mass is 357 g/mol. The maximum Gasteiger partial charge on any atom is 0.240 e. The third-order valence-electron chi connectivity index (χ3n) is 5.35. The summed E-state index contributed by atoms with van der Waals surface area (Å²) in [6.07, 6.45) is 1.99. The van der Waals surface area contributed by atoms with Gasteiger partial charge in [0.05, 0.1) is 0 Å². The van der Waals surface area contributed by atoms with E-state index < -0.39 is 5.41 Å². The van der Waals surface area contributed by atoms with Crippen molar-refractivity contribution in [2.75, 3.05) is 31.5 Å². The predicted octanol–water partition coefficient (Wildman–Crippen LogP) is 2.00. The maximum atomic E-state index is 12.9. The van der Waals surface area contributed by atoms with E-state index in [1.807, 2.05) is 24.3 Å². The molecule has 6 heteroatoms. The van der Waals surface area contributed by atoms with Crippen LogP contribution in [0.5, 0.6) is 0 Å². The highest BCUT2D eigenvalue weighted by molar-refractivity contribution is 6.13. The smallest absolute Gasteiger partial charge is 0.240 e. The van der Waals surface area contributed by atoms with Crippen LogP contribution in [0.1, 0.15) is 39.2 Å². The molecule has 2 fully saturated rings. The van der Waals surface area contributed by atoms with Crippen LogP contribution in [0.4, 0.5) is 5.69 Å². The minimum atomic E-state index is -0.925. The van der Waals surface area contributed by atoms with Crippen LogP contribution in [-0.2, 0) is 19.8 Å². The summed E-state index contributed by atoms with van der Waals surface area (Å²) in [6.45, 7) is 8.47. The molecular formula is C20H27N3O3. The van der Waals surface area contributed by atoms with Gasteiger partial charge in [-0.25, -0.2) is 0 Å². The summed E-state index contributed by atoms with van der Waals surface area (Å²) in [7, 11) is 0. The molecule has 3 rings (SSSR count). The quantitative estimate of drug-likeness (QED) is 0.662. The molecule has 1 saturated carbocycles. The zero-order valence-corrected chi connectivity index (χ0v) is 15.7. The van der Waals surface area contributed by atoms with E-state index in [0.29, 0.717) is 44.7 Å². The van der Waals surface area contributed by atoms with Crippen LogP contribution >= 0.6 is 0 Å². The Morgan fingerprint density at radius 1 is 1.04 bits per heavy atom. The van der Waals surface area contributed by atoms with E-state index >= 15 is 0 Å². The van der Waals surface area contributed by atoms with E-state index in [1.54, 1.807) is 9.80 Å². The number of hydrogen-bond donors (Lipinski definition) is 1. The molecule has 140 valence electrons. The Hall–Kier alpha value is -2.37. The highest BCUT2D eigenvalue weighted by atomic mass is 16.2. The van der Waals surface area contributed by atoms with Gasteiger partial charge in [0.15, 0.2) is 0 Å². The normalized spacial score (nSPS) is 19.0. The summed E-state index contributed by atoms with van der Waals surface area (Å²) in [5, 5.41) is 2.91. The highest BCUT2D eigenvalue weighted by Gasteiger charge is 2.58. The number of benzene rings is 1. The zero-order chi connectivity index (χ0) is 18.9. The molecule has 1 aliphatic heterocycles.